The van der Waals surface area contributed by atoms with Crippen LogP contribution in [0.2, 0.25) is 0 Å². The monoisotopic (exact) mass is 204 g/mol. The smallest absolute Gasteiger partial charge is 0.126 e. The highest BCUT2D eigenvalue weighted by Crippen LogP contribution is 2.25. The quantitative estimate of drug-likeness (QED) is 0.725. The molecule has 1 aromatic rings. The molecular formula is C14H20O. The van der Waals surface area contributed by atoms with Gasteiger partial charge in [0.1, 0.15) is 5.75 Å². The first-order valence-corrected chi connectivity index (χ1v) is 5.25. The minimum Gasteiger partial charge on any atom is -0.496 e. The van der Waals surface area contributed by atoms with Gasteiger partial charge >= 0.3 is 0 Å². The van der Waals surface area contributed by atoms with Crippen LogP contribution in [0, 0.1) is 5.41 Å². The minimum atomic E-state index is 0.313. The van der Waals surface area contributed by atoms with E-state index in [0.29, 0.717) is 5.41 Å². The summed E-state index contributed by atoms with van der Waals surface area (Å²) in [6.45, 7) is 10.5. The molecule has 15 heavy (non-hydrogen) atoms. The molecule has 0 fully saturated rings. The van der Waals surface area contributed by atoms with Crippen molar-refractivity contribution in [3.63, 3.8) is 0 Å². The number of benzene rings is 1. The summed E-state index contributed by atoms with van der Waals surface area (Å²) in [5, 5.41) is 0. The lowest BCUT2D eigenvalue weighted by atomic mass is 9.87. The number of ether oxygens (including phenoxy) is 1. The lowest BCUT2D eigenvalue weighted by molar-refractivity contribution is 0.406. The molecule has 0 aliphatic rings. The van der Waals surface area contributed by atoms with Crippen LogP contribution < -0.4 is 4.74 Å². The summed E-state index contributed by atoms with van der Waals surface area (Å²) < 4.78 is 5.25. The lowest BCUT2D eigenvalue weighted by Crippen LogP contribution is -2.09. The maximum atomic E-state index is 5.25. The van der Waals surface area contributed by atoms with Crippen molar-refractivity contribution < 1.29 is 4.74 Å². The molecule has 0 N–H and O–H groups in total. The van der Waals surface area contributed by atoms with Crippen LogP contribution in [-0.4, -0.2) is 7.11 Å². The molecule has 0 amide bonds. The Hall–Kier alpha value is -1.24. The SMILES string of the molecule is C=Cc1cc(CC(C)(C)C)ccc1OC. The van der Waals surface area contributed by atoms with Crippen molar-refractivity contribution in [1.29, 1.82) is 0 Å². The van der Waals surface area contributed by atoms with Crippen LogP contribution in [0.4, 0.5) is 0 Å². The first-order chi connectivity index (χ1) is 6.96. The molecule has 1 aromatic carbocycles. The second-order valence-corrected chi connectivity index (χ2v) is 5.02. The Morgan fingerprint density at radius 1 is 1.33 bits per heavy atom. The molecule has 0 saturated carbocycles. The molecule has 0 aliphatic heterocycles. The van der Waals surface area contributed by atoms with Crippen LogP contribution in [0.25, 0.3) is 6.08 Å². The van der Waals surface area contributed by atoms with Gasteiger partial charge in [0, 0.05) is 5.56 Å². The number of rotatable bonds is 3. The van der Waals surface area contributed by atoms with E-state index in [-0.39, 0.29) is 0 Å². The normalized spacial score (nSPS) is 11.2. The fourth-order valence-electron chi connectivity index (χ4n) is 1.67. The highest BCUT2D eigenvalue weighted by atomic mass is 16.5. The van der Waals surface area contributed by atoms with Gasteiger partial charge in [0.2, 0.25) is 0 Å². The van der Waals surface area contributed by atoms with Crippen LogP contribution in [0.1, 0.15) is 31.9 Å². The van der Waals surface area contributed by atoms with Gasteiger partial charge in [-0.2, -0.15) is 0 Å². The average molecular weight is 204 g/mol. The van der Waals surface area contributed by atoms with Gasteiger partial charge in [0.05, 0.1) is 7.11 Å². The van der Waals surface area contributed by atoms with Gasteiger partial charge in [-0.1, -0.05) is 39.5 Å². The summed E-state index contributed by atoms with van der Waals surface area (Å²) in [7, 11) is 1.69. The van der Waals surface area contributed by atoms with Crippen molar-refractivity contribution in [3.8, 4) is 5.75 Å². The standard InChI is InChI=1S/C14H20O/c1-6-12-9-11(10-14(2,3)4)7-8-13(12)15-5/h6-9H,1,10H2,2-5H3. The van der Waals surface area contributed by atoms with E-state index < -0.39 is 0 Å². The summed E-state index contributed by atoms with van der Waals surface area (Å²) in [6.07, 6.45) is 2.91. The van der Waals surface area contributed by atoms with Crippen molar-refractivity contribution in [2.75, 3.05) is 7.11 Å². The first-order valence-electron chi connectivity index (χ1n) is 5.25. The summed E-state index contributed by atoms with van der Waals surface area (Å²) in [4.78, 5) is 0. The topological polar surface area (TPSA) is 9.23 Å². The number of hydrogen-bond donors (Lipinski definition) is 0. The second kappa shape index (κ2) is 4.52. The Labute approximate surface area is 92.8 Å². The van der Waals surface area contributed by atoms with Crippen LogP contribution in [0.5, 0.6) is 5.75 Å². The third-order valence-corrected chi connectivity index (χ3v) is 2.25. The molecular weight excluding hydrogens is 184 g/mol. The zero-order valence-corrected chi connectivity index (χ0v) is 10.1. The average Bonchev–Trinajstić information content (AvgIpc) is 2.15. The molecule has 0 unspecified atom stereocenters. The van der Waals surface area contributed by atoms with Gasteiger partial charge in [-0.05, 0) is 29.5 Å². The molecule has 1 rings (SSSR count). The van der Waals surface area contributed by atoms with E-state index in [4.69, 9.17) is 4.74 Å². The van der Waals surface area contributed by atoms with E-state index in [1.54, 1.807) is 7.11 Å². The van der Waals surface area contributed by atoms with Gasteiger partial charge in [-0.15, -0.1) is 0 Å². The van der Waals surface area contributed by atoms with Gasteiger partial charge in [-0.25, -0.2) is 0 Å². The molecule has 1 heteroatoms. The molecule has 0 heterocycles. The Kier molecular flexibility index (Phi) is 3.57. The third-order valence-electron chi connectivity index (χ3n) is 2.25. The van der Waals surface area contributed by atoms with Crippen molar-refractivity contribution in [1.82, 2.24) is 0 Å². The molecule has 0 spiro atoms. The highest BCUT2D eigenvalue weighted by Gasteiger charge is 2.12. The van der Waals surface area contributed by atoms with Gasteiger partial charge in [0.25, 0.3) is 0 Å². The van der Waals surface area contributed by atoms with E-state index in [1.807, 2.05) is 12.1 Å². The minimum absolute atomic E-state index is 0.313. The molecule has 82 valence electrons. The molecule has 1 nitrogen and oxygen atoms in total. The summed E-state index contributed by atoms with van der Waals surface area (Å²) in [6, 6.07) is 6.28. The zero-order chi connectivity index (χ0) is 11.5. The predicted molar refractivity (Wildman–Crippen MR) is 66.2 cm³/mol. The molecule has 0 saturated heterocycles. The summed E-state index contributed by atoms with van der Waals surface area (Å²) in [5.41, 5.74) is 2.71. The van der Waals surface area contributed by atoms with E-state index in [9.17, 15) is 0 Å². The van der Waals surface area contributed by atoms with E-state index in [0.717, 1.165) is 17.7 Å². The Bertz CT molecular complexity index is 345. The third kappa shape index (κ3) is 3.43. The molecule has 0 aromatic heterocycles. The van der Waals surface area contributed by atoms with Crippen LogP contribution in [0.3, 0.4) is 0 Å². The zero-order valence-electron chi connectivity index (χ0n) is 10.1. The maximum Gasteiger partial charge on any atom is 0.126 e. The van der Waals surface area contributed by atoms with Crippen LogP contribution >= 0.6 is 0 Å². The Morgan fingerprint density at radius 3 is 2.47 bits per heavy atom. The first kappa shape index (κ1) is 11.8. The highest BCUT2D eigenvalue weighted by molar-refractivity contribution is 5.56. The largest absolute Gasteiger partial charge is 0.496 e. The fourth-order valence-corrected chi connectivity index (χ4v) is 1.67. The van der Waals surface area contributed by atoms with Crippen molar-refractivity contribution in [3.05, 3.63) is 35.9 Å². The number of methoxy groups -OCH3 is 1. The molecule has 0 atom stereocenters. The van der Waals surface area contributed by atoms with Gasteiger partial charge < -0.3 is 4.74 Å². The molecule has 0 aliphatic carbocycles. The molecule has 0 bridgehead atoms. The van der Waals surface area contributed by atoms with E-state index in [1.165, 1.54) is 5.56 Å². The second-order valence-electron chi connectivity index (χ2n) is 5.02. The summed E-state index contributed by atoms with van der Waals surface area (Å²) in [5.74, 6) is 0.891. The van der Waals surface area contributed by atoms with Crippen molar-refractivity contribution >= 4 is 6.08 Å². The summed E-state index contributed by atoms with van der Waals surface area (Å²) >= 11 is 0. The molecule has 0 radical (unpaired) electrons. The van der Waals surface area contributed by atoms with Crippen molar-refractivity contribution in [2.45, 2.75) is 27.2 Å². The van der Waals surface area contributed by atoms with Crippen LogP contribution in [-0.2, 0) is 6.42 Å². The Morgan fingerprint density at radius 2 is 2.00 bits per heavy atom. The predicted octanol–water partition coefficient (Wildman–Crippen LogP) is 3.93. The Balaban J connectivity index is 2.98. The van der Waals surface area contributed by atoms with E-state index in [2.05, 4.69) is 39.5 Å². The maximum absolute atomic E-state index is 5.25. The van der Waals surface area contributed by atoms with Crippen molar-refractivity contribution in [2.24, 2.45) is 5.41 Å². The van der Waals surface area contributed by atoms with Gasteiger partial charge in [0.15, 0.2) is 0 Å². The van der Waals surface area contributed by atoms with Gasteiger partial charge in [-0.3, -0.25) is 0 Å². The number of hydrogen-bond acceptors (Lipinski definition) is 1. The van der Waals surface area contributed by atoms with E-state index >= 15 is 0 Å². The lowest BCUT2D eigenvalue weighted by Gasteiger charge is -2.18. The van der Waals surface area contributed by atoms with Crippen LogP contribution in [0.15, 0.2) is 24.8 Å². The fraction of sp³-hybridized carbons (Fsp3) is 0.429.